The van der Waals surface area contributed by atoms with Crippen molar-refractivity contribution in [2.45, 2.75) is 6.92 Å². The van der Waals surface area contributed by atoms with Crippen LogP contribution in [0.15, 0.2) is 42.5 Å². The molecule has 0 saturated carbocycles. The molecule has 0 aromatic heterocycles. The third-order valence-electron chi connectivity index (χ3n) is 4.09. The molecule has 0 unspecified atom stereocenters. The molecule has 1 fully saturated rings. The Hall–Kier alpha value is -1.71. The van der Waals surface area contributed by atoms with Crippen LogP contribution in [0, 0.1) is 6.92 Å². The van der Waals surface area contributed by atoms with Crippen LogP contribution < -0.4 is 4.90 Å². The number of aryl methyl sites for hydroxylation is 1. The quantitative estimate of drug-likeness (QED) is 0.809. The molecule has 5 heteroatoms. The average Bonchev–Trinajstić information content (AvgIpc) is 2.55. The molecule has 0 bridgehead atoms. The number of carbonyl (C=O) groups is 1. The molecule has 1 aliphatic heterocycles. The van der Waals surface area contributed by atoms with E-state index in [1.54, 1.807) is 0 Å². The lowest BCUT2D eigenvalue weighted by Crippen LogP contribution is -2.49. The molecule has 0 atom stereocenters. The summed E-state index contributed by atoms with van der Waals surface area (Å²) >= 11 is 12.5. The largest absolute Gasteiger partial charge is 0.366 e. The van der Waals surface area contributed by atoms with E-state index in [4.69, 9.17) is 23.2 Å². The Morgan fingerprint density at radius 3 is 2.17 bits per heavy atom. The monoisotopic (exact) mass is 348 g/mol. The first kappa shape index (κ1) is 16.2. The highest BCUT2D eigenvalue weighted by atomic mass is 35.5. The zero-order valence-electron chi connectivity index (χ0n) is 12.9. The van der Waals surface area contributed by atoms with Crippen LogP contribution in [0.4, 0.5) is 5.69 Å². The normalized spacial score (nSPS) is 14.9. The van der Waals surface area contributed by atoms with Crippen molar-refractivity contribution in [2.75, 3.05) is 31.1 Å². The van der Waals surface area contributed by atoms with Crippen LogP contribution in [0.25, 0.3) is 0 Å². The van der Waals surface area contributed by atoms with Gasteiger partial charge in [-0.2, -0.15) is 0 Å². The molecule has 3 rings (SSSR count). The van der Waals surface area contributed by atoms with Crippen molar-refractivity contribution in [3.63, 3.8) is 0 Å². The average molecular weight is 349 g/mol. The van der Waals surface area contributed by atoms with Crippen molar-refractivity contribution < 1.29 is 4.79 Å². The highest BCUT2D eigenvalue weighted by Gasteiger charge is 2.24. The molecule has 0 spiro atoms. The van der Waals surface area contributed by atoms with Gasteiger partial charge in [0.1, 0.15) is 0 Å². The number of nitrogens with zero attached hydrogens (tertiary/aromatic N) is 2. The van der Waals surface area contributed by atoms with Crippen LogP contribution in [-0.2, 0) is 0 Å². The van der Waals surface area contributed by atoms with E-state index in [0.29, 0.717) is 23.1 Å². The fourth-order valence-corrected chi connectivity index (χ4v) is 3.52. The van der Waals surface area contributed by atoms with E-state index in [1.165, 1.54) is 0 Å². The number of hydrogen-bond acceptors (Lipinski definition) is 2. The molecule has 1 amide bonds. The summed E-state index contributed by atoms with van der Waals surface area (Å²) in [4.78, 5) is 16.6. The van der Waals surface area contributed by atoms with Crippen LogP contribution in [0.1, 0.15) is 15.9 Å². The fourth-order valence-electron chi connectivity index (χ4n) is 2.88. The molecular weight excluding hydrogens is 331 g/mol. The summed E-state index contributed by atoms with van der Waals surface area (Å²) in [6, 6.07) is 13.2. The zero-order valence-corrected chi connectivity index (χ0v) is 14.4. The highest BCUT2D eigenvalue weighted by molar-refractivity contribution is 6.39. The summed E-state index contributed by atoms with van der Waals surface area (Å²) in [6.45, 7) is 4.76. The summed E-state index contributed by atoms with van der Waals surface area (Å²) in [7, 11) is 0. The first-order valence-corrected chi connectivity index (χ1v) is 8.37. The Balaban J connectivity index is 1.70. The van der Waals surface area contributed by atoms with Gasteiger partial charge in [-0.15, -0.1) is 0 Å². The maximum atomic E-state index is 12.6. The van der Waals surface area contributed by atoms with E-state index < -0.39 is 0 Å². The fraction of sp³-hybridized carbons (Fsp3) is 0.278. The number of rotatable bonds is 2. The van der Waals surface area contributed by atoms with Gasteiger partial charge in [0.15, 0.2) is 0 Å². The molecule has 1 aliphatic rings. The van der Waals surface area contributed by atoms with Crippen LogP contribution in [0.3, 0.4) is 0 Å². The molecule has 0 radical (unpaired) electrons. The Morgan fingerprint density at radius 1 is 0.957 bits per heavy atom. The van der Waals surface area contributed by atoms with Gasteiger partial charge in [0.05, 0.1) is 15.7 Å². The molecule has 0 aliphatic carbocycles. The van der Waals surface area contributed by atoms with E-state index in [2.05, 4.69) is 4.90 Å². The highest BCUT2D eigenvalue weighted by Crippen LogP contribution is 2.34. The second-order valence-electron chi connectivity index (χ2n) is 5.72. The van der Waals surface area contributed by atoms with Gasteiger partial charge in [0, 0.05) is 31.7 Å². The van der Waals surface area contributed by atoms with Gasteiger partial charge in [-0.05, 0) is 31.2 Å². The molecule has 2 aromatic rings. The van der Waals surface area contributed by atoms with Gasteiger partial charge < -0.3 is 9.80 Å². The Labute approximate surface area is 146 Å². The molecule has 3 nitrogen and oxygen atoms in total. The standard InChI is InChI=1S/C18H18Cl2N2O/c1-13-4-2-5-14(12-13)18(23)22-10-8-21(9-11-22)17-15(19)6-3-7-16(17)20/h2-7,12H,8-11H2,1H3. The van der Waals surface area contributed by atoms with Gasteiger partial charge in [-0.3, -0.25) is 4.79 Å². The summed E-state index contributed by atoms with van der Waals surface area (Å²) in [6.07, 6.45) is 0. The number of anilines is 1. The van der Waals surface area contributed by atoms with Crippen molar-refractivity contribution >= 4 is 34.8 Å². The van der Waals surface area contributed by atoms with Crippen LogP contribution >= 0.6 is 23.2 Å². The maximum absolute atomic E-state index is 12.6. The zero-order chi connectivity index (χ0) is 16.4. The van der Waals surface area contributed by atoms with Crippen molar-refractivity contribution in [1.82, 2.24) is 4.90 Å². The van der Waals surface area contributed by atoms with Crippen molar-refractivity contribution in [2.24, 2.45) is 0 Å². The topological polar surface area (TPSA) is 23.6 Å². The van der Waals surface area contributed by atoms with E-state index in [0.717, 1.165) is 29.9 Å². The van der Waals surface area contributed by atoms with Crippen molar-refractivity contribution in [3.8, 4) is 0 Å². The summed E-state index contributed by atoms with van der Waals surface area (Å²) in [5.74, 6) is 0.0820. The first-order chi connectivity index (χ1) is 11.1. The van der Waals surface area contributed by atoms with E-state index >= 15 is 0 Å². The number of carbonyl (C=O) groups excluding carboxylic acids is 1. The maximum Gasteiger partial charge on any atom is 0.253 e. The van der Waals surface area contributed by atoms with E-state index in [1.807, 2.05) is 54.3 Å². The molecule has 2 aromatic carbocycles. The minimum atomic E-state index is 0.0820. The van der Waals surface area contributed by atoms with Crippen molar-refractivity contribution in [3.05, 3.63) is 63.6 Å². The predicted molar refractivity (Wildman–Crippen MR) is 95.8 cm³/mol. The molecule has 0 N–H and O–H groups in total. The second kappa shape index (κ2) is 6.81. The van der Waals surface area contributed by atoms with Gasteiger partial charge in [0.25, 0.3) is 5.91 Å². The van der Waals surface area contributed by atoms with Crippen LogP contribution in [0.5, 0.6) is 0 Å². The van der Waals surface area contributed by atoms with Gasteiger partial charge in [-0.1, -0.05) is 47.0 Å². The summed E-state index contributed by atoms with van der Waals surface area (Å²) in [5, 5.41) is 1.30. The van der Waals surface area contributed by atoms with E-state index in [-0.39, 0.29) is 5.91 Å². The molecule has 120 valence electrons. The lowest BCUT2D eigenvalue weighted by molar-refractivity contribution is 0.0746. The predicted octanol–water partition coefficient (Wildman–Crippen LogP) is 4.26. The van der Waals surface area contributed by atoms with Crippen molar-refractivity contribution in [1.29, 1.82) is 0 Å². The second-order valence-corrected chi connectivity index (χ2v) is 6.53. The molecule has 1 heterocycles. The third kappa shape index (κ3) is 3.46. The van der Waals surface area contributed by atoms with Crippen LogP contribution in [-0.4, -0.2) is 37.0 Å². The number of piperazine rings is 1. The smallest absolute Gasteiger partial charge is 0.253 e. The van der Waals surface area contributed by atoms with Crippen LogP contribution in [0.2, 0.25) is 10.0 Å². The number of halogens is 2. The Bertz CT molecular complexity index is 704. The molecule has 23 heavy (non-hydrogen) atoms. The number of amides is 1. The van der Waals surface area contributed by atoms with Gasteiger partial charge in [-0.25, -0.2) is 0 Å². The lowest BCUT2D eigenvalue weighted by atomic mass is 10.1. The Morgan fingerprint density at radius 2 is 1.57 bits per heavy atom. The summed E-state index contributed by atoms with van der Waals surface area (Å²) in [5.41, 5.74) is 2.70. The van der Waals surface area contributed by atoms with Gasteiger partial charge in [0.2, 0.25) is 0 Å². The number of para-hydroxylation sites is 1. The number of benzene rings is 2. The SMILES string of the molecule is Cc1cccc(C(=O)N2CCN(c3c(Cl)cccc3Cl)CC2)c1. The lowest BCUT2D eigenvalue weighted by Gasteiger charge is -2.37. The van der Waals surface area contributed by atoms with E-state index in [9.17, 15) is 4.79 Å². The Kier molecular flexibility index (Phi) is 4.79. The third-order valence-corrected chi connectivity index (χ3v) is 4.70. The first-order valence-electron chi connectivity index (χ1n) is 7.61. The minimum Gasteiger partial charge on any atom is -0.366 e. The number of hydrogen-bond donors (Lipinski definition) is 0. The summed E-state index contributed by atoms with van der Waals surface area (Å²) < 4.78 is 0. The van der Waals surface area contributed by atoms with Gasteiger partial charge >= 0.3 is 0 Å². The molecular formula is C18H18Cl2N2O. The minimum absolute atomic E-state index is 0.0820. The molecule has 1 saturated heterocycles.